The predicted molar refractivity (Wildman–Crippen MR) is 112 cm³/mol. The molecule has 0 saturated carbocycles. The topological polar surface area (TPSA) is 109 Å². The fraction of sp³-hybridized carbons (Fsp3) is 0.0455. The van der Waals surface area contributed by atoms with Crippen molar-refractivity contribution in [3.63, 3.8) is 0 Å². The van der Waals surface area contributed by atoms with Crippen molar-refractivity contribution in [3.05, 3.63) is 84.6 Å². The van der Waals surface area contributed by atoms with Crippen molar-refractivity contribution in [1.82, 2.24) is 29.9 Å². The number of aromatic nitrogens is 6. The van der Waals surface area contributed by atoms with Crippen molar-refractivity contribution in [2.24, 2.45) is 0 Å². The summed E-state index contributed by atoms with van der Waals surface area (Å²) in [6, 6.07) is 15.4. The van der Waals surface area contributed by atoms with Gasteiger partial charge in [0, 0.05) is 35.7 Å². The number of benzene rings is 1. The lowest BCUT2D eigenvalue weighted by Crippen LogP contribution is -2.06. The Morgan fingerprint density at radius 1 is 0.968 bits per heavy atom. The van der Waals surface area contributed by atoms with Crippen LogP contribution >= 0.6 is 0 Å². The Labute approximate surface area is 176 Å². The molecule has 4 heterocycles. The average molecular weight is 413 g/mol. The molecule has 0 spiro atoms. The molecule has 0 amide bonds. The minimum atomic E-state index is -0.315. The number of pyridine rings is 1. The summed E-state index contributed by atoms with van der Waals surface area (Å²) in [5.41, 5.74) is 9.64. The molecule has 9 heteroatoms. The molecular formula is C22H16FN7O. The van der Waals surface area contributed by atoms with Crippen LogP contribution in [-0.4, -0.2) is 29.9 Å². The summed E-state index contributed by atoms with van der Waals surface area (Å²) >= 11 is 0. The zero-order valence-corrected chi connectivity index (χ0v) is 16.2. The molecule has 0 radical (unpaired) electrons. The summed E-state index contributed by atoms with van der Waals surface area (Å²) in [6.45, 7) is 0.201. The van der Waals surface area contributed by atoms with Gasteiger partial charge in [0.15, 0.2) is 5.82 Å². The maximum Gasteiger partial charge on any atom is 0.182 e. The van der Waals surface area contributed by atoms with Crippen LogP contribution in [0, 0.1) is 5.82 Å². The Morgan fingerprint density at radius 3 is 2.65 bits per heavy atom. The standard InChI is InChI=1S/C22H16FN7O/c23-16-6-2-1-4-15(16)13-30-20(17-7-9-31-29-17)10-19(28-30)22-26-18(11-21(24)27-22)14-5-3-8-25-12-14/h1-12H,13H2,(H2,24,26,27). The summed E-state index contributed by atoms with van der Waals surface area (Å²) in [4.78, 5) is 13.1. The van der Waals surface area contributed by atoms with Crippen LogP contribution in [0.5, 0.6) is 0 Å². The molecule has 5 rings (SSSR count). The van der Waals surface area contributed by atoms with Crippen molar-refractivity contribution in [1.29, 1.82) is 0 Å². The number of hydrogen-bond acceptors (Lipinski definition) is 7. The minimum Gasteiger partial charge on any atom is -0.384 e. The van der Waals surface area contributed by atoms with E-state index in [2.05, 4.69) is 25.2 Å². The highest BCUT2D eigenvalue weighted by Crippen LogP contribution is 2.27. The van der Waals surface area contributed by atoms with Crippen molar-refractivity contribution < 1.29 is 8.91 Å². The van der Waals surface area contributed by atoms with E-state index in [1.165, 1.54) is 12.3 Å². The number of hydrogen-bond donors (Lipinski definition) is 1. The molecule has 0 aliphatic rings. The van der Waals surface area contributed by atoms with Crippen molar-refractivity contribution in [2.45, 2.75) is 6.54 Å². The quantitative estimate of drug-likeness (QED) is 0.466. The first-order chi connectivity index (χ1) is 15.2. The van der Waals surface area contributed by atoms with Gasteiger partial charge in [0.2, 0.25) is 0 Å². The molecule has 0 aliphatic heterocycles. The number of halogens is 1. The van der Waals surface area contributed by atoms with Gasteiger partial charge in [-0.05, 0) is 24.3 Å². The molecular weight excluding hydrogens is 397 g/mol. The molecule has 0 aliphatic carbocycles. The molecule has 152 valence electrons. The monoisotopic (exact) mass is 413 g/mol. The van der Waals surface area contributed by atoms with Gasteiger partial charge >= 0.3 is 0 Å². The van der Waals surface area contributed by atoms with Crippen LogP contribution in [0.3, 0.4) is 0 Å². The Hall–Kier alpha value is -4.40. The maximum absolute atomic E-state index is 14.3. The third kappa shape index (κ3) is 3.76. The molecule has 0 atom stereocenters. The molecule has 5 aromatic rings. The molecule has 0 unspecified atom stereocenters. The lowest BCUT2D eigenvalue weighted by Gasteiger charge is -2.06. The second kappa shape index (κ2) is 7.79. The molecule has 8 nitrogen and oxygen atoms in total. The van der Waals surface area contributed by atoms with Gasteiger partial charge in [-0.1, -0.05) is 23.4 Å². The van der Waals surface area contributed by atoms with Crippen LogP contribution in [0.15, 0.2) is 77.8 Å². The van der Waals surface area contributed by atoms with Crippen LogP contribution in [0.1, 0.15) is 5.56 Å². The average Bonchev–Trinajstić information content (AvgIpc) is 3.46. The van der Waals surface area contributed by atoms with Crippen molar-refractivity contribution in [2.75, 3.05) is 5.73 Å². The van der Waals surface area contributed by atoms with Crippen molar-refractivity contribution in [3.8, 4) is 34.2 Å². The summed E-state index contributed by atoms with van der Waals surface area (Å²) in [6.07, 6.45) is 4.85. The van der Waals surface area contributed by atoms with E-state index in [1.807, 2.05) is 12.1 Å². The van der Waals surface area contributed by atoms with Crippen LogP contribution in [-0.2, 0) is 6.54 Å². The van der Waals surface area contributed by atoms with E-state index in [9.17, 15) is 4.39 Å². The number of nitrogen functional groups attached to an aromatic ring is 1. The van der Waals surface area contributed by atoms with E-state index >= 15 is 0 Å². The Morgan fingerprint density at radius 2 is 1.87 bits per heavy atom. The normalized spacial score (nSPS) is 11.0. The number of nitrogens with two attached hydrogens (primary N) is 1. The summed E-state index contributed by atoms with van der Waals surface area (Å²) in [5.74, 6) is 0.330. The molecule has 0 bridgehead atoms. The zero-order chi connectivity index (χ0) is 21.2. The first-order valence-electron chi connectivity index (χ1n) is 9.45. The fourth-order valence-corrected chi connectivity index (χ4v) is 3.23. The Bertz CT molecular complexity index is 1330. The number of nitrogens with zero attached hydrogens (tertiary/aromatic N) is 6. The first kappa shape index (κ1) is 18.6. The van der Waals surface area contributed by atoms with Crippen LogP contribution in [0.4, 0.5) is 10.2 Å². The minimum absolute atomic E-state index is 0.201. The molecule has 0 saturated heterocycles. The second-order valence-electron chi connectivity index (χ2n) is 6.79. The second-order valence-corrected chi connectivity index (χ2v) is 6.79. The van der Waals surface area contributed by atoms with Gasteiger partial charge in [0.05, 0.1) is 17.9 Å². The van der Waals surface area contributed by atoms with Crippen LogP contribution in [0.25, 0.3) is 34.2 Å². The smallest absolute Gasteiger partial charge is 0.182 e. The van der Waals surface area contributed by atoms with E-state index < -0.39 is 0 Å². The van der Waals surface area contributed by atoms with E-state index in [4.69, 9.17) is 10.3 Å². The van der Waals surface area contributed by atoms with Gasteiger partial charge in [0.1, 0.15) is 29.3 Å². The molecule has 4 aromatic heterocycles. The number of rotatable bonds is 5. The molecule has 31 heavy (non-hydrogen) atoms. The zero-order valence-electron chi connectivity index (χ0n) is 16.2. The lowest BCUT2D eigenvalue weighted by molar-refractivity contribution is 0.421. The SMILES string of the molecule is Nc1cc(-c2cccnc2)nc(-c2cc(-c3ccon3)n(Cc3ccccc3F)n2)n1. The summed E-state index contributed by atoms with van der Waals surface area (Å²) < 4.78 is 20.9. The van der Waals surface area contributed by atoms with Gasteiger partial charge < -0.3 is 10.3 Å². The highest BCUT2D eigenvalue weighted by molar-refractivity contribution is 5.67. The van der Waals surface area contributed by atoms with Gasteiger partial charge in [-0.15, -0.1) is 0 Å². The first-order valence-corrected chi connectivity index (χ1v) is 9.45. The highest BCUT2D eigenvalue weighted by Gasteiger charge is 2.18. The fourth-order valence-electron chi connectivity index (χ4n) is 3.23. The van der Waals surface area contributed by atoms with E-state index in [0.29, 0.717) is 40.0 Å². The van der Waals surface area contributed by atoms with E-state index in [0.717, 1.165) is 5.56 Å². The van der Waals surface area contributed by atoms with E-state index in [1.54, 1.807) is 53.5 Å². The summed E-state index contributed by atoms with van der Waals surface area (Å²) in [5, 5.41) is 8.62. The van der Waals surface area contributed by atoms with Crippen LogP contribution < -0.4 is 5.73 Å². The molecule has 2 N–H and O–H groups in total. The largest absolute Gasteiger partial charge is 0.384 e. The Kier molecular flexibility index (Phi) is 4.68. The molecule has 1 aromatic carbocycles. The summed E-state index contributed by atoms with van der Waals surface area (Å²) in [7, 11) is 0. The van der Waals surface area contributed by atoms with Crippen LogP contribution in [0.2, 0.25) is 0 Å². The highest BCUT2D eigenvalue weighted by atomic mass is 19.1. The third-order valence-corrected chi connectivity index (χ3v) is 4.69. The third-order valence-electron chi connectivity index (χ3n) is 4.69. The van der Waals surface area contributed by atoms with Gasteiger partial charge in [-0.25, -0.2) is 14.4 Å². The number of anilines is 1. The Balaban J connectivity index is 1.61. The van der Waals surface area contributed by atoms with Gasteiger partial charge in [-0.3, -0.25) is 9.67 Å². The molecule has 0 fully saturated rings. The lowest BCUT2D eigenvalue weighted by atomic mass is 10.2. The van der Waals surface area contributed by atoms with Gasteiger partial charge in [-0.2, -0.15) is 5.10 Å². The van der Waals surface area contributed by atoms with Gasteiger partial charge in [0.25, 0.3) is 0 Å². The van der Waals surface area contributed by atoms with E-state index in [-0.39, 0.29) is 12.4 Å². The maximum atomic E-state index is 14.3. The van der Waals surface area contributed by atoms with Crippen molar-refractivity contribution >= 4 is 5.82 Å². The predicted octanol–water partition coefficient (Wildman–Crippen LogP) is 3.83.